The summed E-state index contributed by atoms with van der Waals surface area (Å²) in [6, 6.07) is 12.3. The predicted octanol–water partition coefficient (Wildman–Crippen LogP) is 3.36. The second-order valence-electron chi connectivity index (χ2n) is 3.62. The standard InChI is InChI=1S/C13H14N2.2ClH/c1-10-3-2-4-12(7-10)13-8-11(9-14)5-6-15-13;;/h2-8H,9,14H2,1H3;2*1H. The molecule has 17 heavy (non-hydrogen) atoms. The van der Waals surface area contributed by atoms with Crippen molar-refractivity contribution in [2.75, 3.05) is 0 Å². The van der Waals surface area contributed by atoms with E-state index in [1.165, 1.54) is 5.56 Å². The molecule has 0 unspecified atom stereocenters. The average molecular weight is 271 g/mol. The first-order valence-corrected chi connectivity index (χ1v) is 5.01. The van der Waals surface area contributed by atoms with E-state index in [4.69, 9.17) is 5.73 Å². The van der Waals surface area contributed by atoms with Gasteiger partial charge < -0.3 is 5.73 Å². The van der Waals surface area contributed by atoms with E-state index in [-0.39, 0.29) is 24.8 Å². The molecule has 0 radical (unpaired) electrons. The van der Waals surface area contributed by atoms with Crippen LogP contribution in [0.3, 0.4) is 0 Å². The number of halogens is 2. The van der Waals surface area contributed by atoms with Gasteiger partial charge in [0.1, 0.15) is 0 Å². The summed E-state index contributed by atoms with van der Waals surface area (Å²) < 4.78 is 0. The maximum atomic E-state index is 5.60. The Morgan fingerprint density at radius 1 is 1.12 bits per heavy atom. The molecular weight excluding hydrogens is 255 g/mol. The monoisotopic (exact) mass is 270 g/mol. The molecule has 92 valence electrons. The summed E-state index contributed by atoms with van der Waals surface area (Å²) in [4.78, 5) is 4.34. The third-order valence-corrected chi connectivity index (χ3v) is 2.37. The van der Waals surface area contributed by atoms with Gasteiger partial charge in [-0.2, -0.15) is 0 Å². The summed E-state index contributed by atoms with van der Waals surface area (Å²) in [5, 5.41) is 0. The normalized spacial score (nSPS) is 9.06. The molecule has 0 saturated carbocycles. The van der Waals surface area contributed by atoms with Crippen LogP contribution in [0.1, 0.15) is 11.1 Å². The van der Waals surface area contributed by atoms with Gasteiger partial charge in [0.25, 0.3) is 0 Å². The summed E-state index contributed by atoms with van der Waals surface area (Å²) in [6.07, 6.45) is 1.81. The Labute approximate surface area is 114 Å². The number of rotatable bonds is 2. The first-order chi connectivity index (χ1) is 7.29. The van der Waals surface area contributed by atoms with Gasteiger partial charge in [0.2, 0.25) is 0 Å². The second kappa shape index (κ2) is 7.28. The molecular formula is C13H16Cl2N2. The number of nitrogens with two attached hydrogens (primary N) is 1. The molecule has 0 saturated heterocycles. The minimum Gasteiger partial charge on any atom is -0.326 e. The minimum atomic E-state index is 0. The number of hydrogen-bond donors (Lipinski definition) is 1. The zero-order valence-corrected chi connectivity index (χ0v) is 11.2. The highest BCUT2D eigenvalue weighted by molar-refractivity contribution is 5.85. The molecule has 2 nitrogen and oxygen atoms in total. The second-order valence-corrected chi connectivity index (χ2v) is 3.62. The van der Waals surface area contributed by atoms with Crippen LogP contribution < -0.4 is 5.73 Å². The highest BCUT2D eigenvalue weighted by atomic mass is 35.5. The molecule has 0 amide bonds. The van der Waals surface area contributed by atoms with Gasteiger partial charge in [-0.25, -0.2) is 0 Å². The lowest BCUT2D eigenvalue weighted by Gasteiger charge is -2.03. The van der Waals surface area contributed by atoms with Gasteiger partial charge in [0.15, 0.2) is 0 Å². The van der Waals surface area contributed by atoms with Crippen LogP contribution in [0.15, 0.2) is 42.6 Å². The molecule has 0 aliphatic rings. The lowest BCUT2D eigenvalue weighted by Crippen LogP contribution is -1.97. The highest BCUT2D eigenvalue weighted by Crippen LogP contribution is 2.18. The van der Waals surface area contributed by atoms with Crippen molar-refractivity contribution in [2.45, 2.75) is 13.5 Å². The van der Waals surface area contributed by atoms with Gasteiger partial charge in [-0.1, -0.05) is 23.8 Å². The molecule has 4 heteroatoms. The van der Waals surface area contributed by atoms with E-state index < -0.39 is 0 Å². The number of nitrogens with zero attached hydrogens (tertiary/aromatic N) is 1. The summed E-state index contributed by atoms with van der Waals surface area (Å²) in [6.45, 7) is 2.64. The van der Waals surface area contributed by atoms with Gasteiger partial charge >= 0.3 is 0 Å². The molecule has 2 N–H and O–H groups in total. The van der Waals surface area contributed by atoms with Gasteiger partial charge in [-0.05, 0) is 30.7 Å². The third-order valence-electron chi connectivity index (χ3n) is 2.37. The van der Waals surface area contributed by atoms with Crippen molar-refractivity contribution >= 4 is 24.8 Å². The first-order valence-electron chi connectivity index (χ1n) is 5.01. The number of pyridine rings is 1. The van der Waals surface area contributed by atoms with Crippen molar-refractivity contribution in [2.24, 2.45) is 5.73 Å². The van der Waals surface area contributed by atoms with Crippen molar-refractivity contribution < 1.29 is 0 Å². The van der Waals surface area contributed by atoms with Crippen molar-refractivity contribution in [3.63, 3.8) is 0 Å². The van der Waals surface area contributed by atoms with E-state index in [0.29, 0.717) is 6.54 Å². The van der Waals surface area contributed by atoms with Crippen LogP contribution in [-0.2, 0) is 6.54 Å². The molecule has 2 aromatic rings. The Balaban J connectivity index is 0.00000128. The Hall–Kier alpha value is -1.09. The Kier molecular flexibility index (Phi) is 6.81. The summed E-state index contributed by atoms with van der Waals surface area (Å²) >= 11 is 0. The van der Waals surface area contributed by atoms with E-state index >= 15 is 0 Å². The lowest BCUT2D eigenvalue weighted by molar-refractivity contribution is 1.06. The molecule has 1 aromatic carbocycles. The zero-order chi connectivity index (χ0) is 10.7. The van der Waals surface area contributed by atoms with Crippen LogP contribution in [0.5, 0.6) is 0 Å². The van der Waals surface area contributed by atoms with Crippen LogP contribution in [0, 0.1) is 6.92 Å². The van der Waals surface area contributed by atoms with Gasteiger partial charge in [0.05, 0.1) is 5.69 Å². The van der Waals surface area contributed by atoms with Gasteiger partial charge in [-0.15, -0.1) is 24.8 Å². The molecule has 0 aliphatic heterocycles. The van der Waals surface area contributed by atoms with Gasteiger partial charge in [-0.3, -0.25) is 4.98 Å². The van der Waals surface area contributed by atoms with Crippen LogP contribution in [0.2, 0.25) is 0 Å². The highest BCUT2D eigenvalue weighted by Gasteiger charge is 1.99. The largest absolute Gasteiger partial charge is 0.326 e. The predicted molar refractivity (Wildman–Crippen MR) is 76.8 cm³/mol. The number of hydrogen-bond acceptors (Lipinski definition) is 2. The lowest BCUT2D eigenvalue weighted by atomic mass is 10.1. The smallest absolute Gasteiger partial charge is 0.0705 e. The molecule has 0 atom stereocenters. The fourth-order valence-corrected chi connectivity index (χ4v) is 1.56. The maximum Gasteiger partial charge on any atom is 0.0705 e. The molecule has 1 heterocycles. The van der Waals surface area contributed by atoms with Crippen molar-refractivity contribution in [1.29, 1.82) is 0 Å². The summed E-state index contributed by atoms with van der Waals surface area (Å²) in [5.74, 6) is 0. The minimum absolute atomic E-state index is 0. The van der Waals surface area contributed by atoms with Crippen LogP contribution in [0.4, 0.5) is 0 Å². The molecule has 0 bridgehead atoms. The SMILES string of the molecule is Cc1cccc(-c2cc(CN)ccn2)c1.Cl.Cl. The quantitative estimate of drug-likeness (QED) is 0.909. The molecule has 0 aliphatic carbocycles. The maximum absolute atomic E-state index is 5.60. The topological polar surface area (TPSA) is 38.9 Å². The molecule has 0 spiro atoms. The van der Waals surface area contributed by atoms with Crippen LogP contribution in [-0.4, -0.2) is 4.98 Å². The van der Waals surface area contributed by atoms with Gasteiger partial charge in [0, 0.05) is 18.3 Å². The Morgan fingerprint density at radius 3 is 2.53 bits per heavy atom. The molecule has 0 fully saturated rings. The Morgan fingerprint density at radius 2 is 1.88 bits per heavy atom. The van der Waals surface area contributed by atoms with E-state index in [0.717, 1.165) is 16.8 Å². The molecule has 2 rings (SSSR count). The van der Waals surface area contributed by atoms with E-state index in [1.807, 2.05) is 18.2 Å². The average Bonchev–Trinajstić information content (AvgIpc) is 2.29. The fraction of sp³-hybridized carbons (Fsp3) is 0.154. The molecule has 1 aromatic heterocycles. The summed E-state index contributed by atoms with van der Waals surface area (Å²) in [5.41, 5.74) is 10.1. The van der Waals surface area contributed by atoms with E-state index in [9.17, 15) is 0 Å². The van der Waals surface area contributed by atoms with Crippen LogP contribution in [0.25, 0.3) is 11.3 Å². The van der Waals surface area contributed by atoms with E-state index in [2.05, 4.69) is 30.1 Å². The number of benzene rings is 1. The zero-order valence-electron chi connectivity index (χ0n) is 9.59. The van der Waals surface area contributed by atoms with Crippen molar-refractivity contribution in [1.82, 2.24) is 4.98 Å². The van der Waals surface area contributed by atoms with E-state index in [1.54, 1.807) is 6.20 Å². The van der Waals surface area contributed by atoms with Crippen molar-refractivity contribution in [3.8, 4) is 11.3 Å². The van der Waals surface area contributed by atoms with Crippen LogP contribution >= 0.6 is 24.8 Å². The number of aromatic nitrogens is 1. The first kappa shape index (κ1) is 15.9. The summed E-state index contributed by atoms with van der Waals surface area (Å²) in [7, 11) is 0. The Bertz CT molecular complexity index is 472. The number of aryl methyl sites for hydroxylation is 1. The van der Waals surface area contributed by atoms with Crippen molar-refractivity contribution in [3.05, 3.63) is 53.7 Å². The fourth-order valence-electron chi connectivity index (χ4n) is 1.56. The third kappa shape index (κ3) is 4.00.